The smallest absolute Gasteiger partial charge is 0.133 e. The van der Waals surface area contributed by atoms with E-state index in [0.717, 1.165) is 28.3 Å². The maximum Gasteiger partial charge on any atom is 0.133 e. The first kappa shape index (κ1) is 23.7. The van der Waals surface area contributed by atoms with Crippen LogP contribution in [-0.2, 0) is 16.5 Å². The summed E-state index contributed by atoms with van der Waals surface area (Å²) >= 11 is 12.4. The number of benzene rings is 3. The molecule has 33 heavy (non-hydrogen) atoms. The van der Waals surface area contributed by atoms with Crippen molar-refractivity contribution in [3.05, 3.63) is 99.0 Å². The number of aliphatic imine (C=N–C) groups is 1. The van der Waals surface area contributed by atoms with Crippen molar-refractivity contribution in [3.8, 4) is 5.75 Å². The lowest BCUT2D eigenvalue weighted by Crippen LogP contribution is -2.50. The van der Waals surface area contributed by atoms with E-state index in [0.29, 0.717) is 10.0 Å². The Hall–Kier alpha value is -2.49. The molecular formula is C28H30Cl2N2O. The van der Waals surface area contributed by atoms with Crippen LogP contribution >= 0.6 is 23.2 Å². The summed E-state index contributed by atoms with van der Waals surface area (Å²) in [5.74, 6) is 1.59. The fraction of sp³-hybridized carbons (Fsp3) is 0.321. The number of rotatable bonds is 4. The molecule has 1 heterocycles. The molecule has 3 aromatic rings. The number of halogens is 2. The second-order valence-electron chi connectivity index (χ2n) is 9.96. The van der Waals surface area contributed by atoms with Crippen molar-refractivity contribution in [2.45, 2.75) is 51.1 Å². The summed E-state index contributed by atoms with van der Waals surface area (Å²) in [6.07, 6.45) is 0. The highest BCUT2D eigenvalue weighted by Gasteiger charge is 2.52. The van der Waals surface area contributed by atoms with Crippen molar-refractivity contribution < 1.29 is 4.74 Å². The van der Waals surface area contributed by atoms with E-state index in [2.05, 4.69) is 70.3 Å². The molecule has 0 spiro atoms. The summed E-state index contributed by atoms with van der Waals surface area (Å²) in [5, 5.41) is 5.15. The lowest BCUT2D eigenvalue weighted by atomic mass is 9.72. The maximum absolute atomic E-state index is 6.20. The van der Waals surface area contributed by atoms with E-state index in [1.165, 1.54) is 5.56 Å². The fourth-order valence-electron chi connectivity index (χ4n) is 4.47. The molecular weight excluding hydrogens is 451 g/mol. The van der Waals surface area contributed by atoms with Gasteiger partial charge >= 0.3 is 0 Å². The number of hydrogen-bond acceptors (Lipinski definition) is 3. The Morgan fingerprint density at radius 2 is 1.36 bits per heavy atom. The third-order valence-electron chi connectivity index (χ3n) is 6.83. The van der Waals surface area contributed by atoms with Crippen LogP contribution in [0.15, 0.2) is 71.7 Å². The Bertz CT molecular complexity index is 1200. The number of hydrogen-bond donors (Lipinski definition) is 1. The van der Waals surface area contributed by atoms with E-state index in [-0.39, 0.29) is 5.41 Å². The molecule has 3 aromatic carbocycles. The van der Waals surface area contributed by atoms with Crippen LogP contribution in [0.2, 0.25) is 10.0 Å². The van der Waals surface area contributed by atoms with E-state index in [1.807, 2.05) is 36.4 Å². The van der Waals surface area contributed by atoms with Gasteiger partial charge in [-0.15, -0.1) is 0 Å². The van der Waals surface area contributed by atoms with Gasteiger partial charge in [-0.2, -0.15) is 0 Å². The van der Waals surface area contributed by atoms with Gasteiger partial charge < -0.3 is 10.1 Å². The molecule has 0 radical (unpaired) electrons. The minimum atomic E-state index is -0.603. The normalized spacial score (nSPS) is 22.6. The molecule has 0 bridgehead atoms. The van der Waals surface area contributed by atoms with Crippen molar-refractivity contribution in [2.24, 2.45) is 4.99 Å². The van der Waals surface area contributed by atoms with Crippen LogP contribution in [0.25, 0.3) is 0 Å². The van der Waals surface area contributed by atoms with Gasteiger partial charge in [0.05, 0.1) is 18.2 Å². The van der Waals surface area contributed by atoms with Gasteiger partial charge in [0.2, 0.25) is 0 Å². The SMILES string of the molecule is COc1cc(C(C)(C)C)ccc1C1=N[C@@](C)(c2ccc(Cl)cc2)[C@@](C)(c2ccc(Cl)cc2)N1. The number of nitrogens with one attached hydrogen (secondary N) is 1. The standard InChI is InChI=1S/C28H30Cl2N2O/c1-26(2,3)20-11-16-23(24(17-20)33-6)25-31-27(4,18-7-12-21(29)13-8-18)28(5,32-25)19-9-14-22(30)15-10-19/h7-17H,1-6H3,(H,31,32)/t27-,28+. The van der Waals surface area contributed by atoms with Gasteiger partial charge in [0.1, 0.15) is 17.1 Å². The van der Waals surface area contributed by atoms with Crippen LogP contribution < -0.4 is 10.1 Å². The van der Waals surface area contributed by atoms with E-state index in [9.17, 15) is 0 Å². The van der Waals surface area contributed by atoms with Crippen LogP contribution in [0, 0.1) is 0 Å². The summed E-state index contributed by atoms with van der Waals surface area (Å²) in [5.41, 5.74) is 3.19. The Kier molecular flexibility index (Phi) is 6.01. The highest BCUT2D eigenvalue weighted by Crippen LogP contribution is 2.48. The number of nitrogens with zero attached hydrogens (tertiary/aromatic N) is 1. The fourth-order valence-corrected chi connectivity index (χ4v) is 4.72. The average molecular weight is 481 g/mol. The Balaban J connectivity index is 1.89. The first-order chi connectivity index (χ1) is 15.5. The molecule has 0 aliphatic carbocycles. The lowest BCUT2D eigenvalue weighted by Gasteiger charge is -2.40. The molecule has 5 heteroatoms. The Labute approximate surface area is 206 Å². The van der Waals surface area contributed by atoms with Gasteiger partial charge in [0, 0.05) is 10.0 Å². The van der Waals surface area contributed by atoms with E-state index in [4.69, 9.17) is 32.9 Å². The zero-order valence-electron chi connectivity index (χ0n) is 20.0. The highest BCUT2D eigenvalue weighted by molar-refractivity contribution is 6.30. The average Bonchev–Trinajstić information content (AvgIpc) is 3.06. The zero-order chi connectivity index (χ0) is 24.0. The molecule has 172 valence electrons. The maximum atomic E-state index is 6.20. The van der Waals surface area contributed by atoms with Crippen LogP contribution in [0.1, 0.15) is 56.9 Å². The molecule has 0 fully saturated rings. The minimum Gasteiger partial charge on any atom is -0.496 e. The molecule has 0 aromatic heterocycles. The Morgan fingerprint density at radius 1 is 0.818 bits per heavy atom. The van der Waals surface area contributed by atoms with Crippen LogP contribution in [-0.4, -0.2) is 12.9 Å². The molecule has 3 nitrogen and oxygen atoms in total. The summed E-state index contributed by atoms with van der Waals surface area (Å²) < 4.78 is 5.82. The highest BCUT2D eigenvalue weighted by atomic mass is 35.5. The van der Waals surface area contributed by atoms with E-state index >= 15 is 0 Å². The van der Waals surface area contributed by atoms with Gasteiger partial charge in [-0.1, -0.05) is 74.3 Å². The Morgan fingerprint density at radius 3 is 1.88 bits per heavy atom. The van der Waals surface area contributed by atoms with Crippen LogP contribution in [0.5, 0.6) is 5.75 Å². The molecule has 1 N–H and O–H groups in total. The summed E-state index contributed by atoms with van der Waals surface area (Å²) in [7, 11) is 1.71. The molecule has 1 aliphatic rings. The third kappa shape index (κ3) is 4.13. The van der Waals surface area contributed by atoms with Crippen molar-refractivity contribution in [1.29, 1.82) is 0 Å². The molecule has 0 unspecified atom stereocenters. The van der Waals surface area contributed by atoms with Gasteiger partial charge in [0.15, 0.2) is 0 Å². The van der Waals surface area contributed by atoms with Gasteiger partial charge in [0.25, 0.3) is 0 Å². The second-order valence-corrected chi connectivity index (χ2v) is 10.8. The summed E-state index contributed by atoms with van der Waals surface area (Å²) in [6.45, 7) is 10.9. The minimum absolute atomic E-state index is 0.0202. The number of methoxy groups -OCH3 is 1. The predicted molar refractivity (Wildman–Crippen MR) is 139 cm³/mol. The first-order valence-corrected chi connectivity index (χ1v) is 11.8. The van der Waals surface area contributed by atoms with Gasteiger partial charge in [-0.05, 0) is 72.4 Å². The van der Waals surface area contributed by atoms with Crippen molar-refractivity contribution in [3.63, 3.8) is 0 Å². The summed E-state index contributed by atoms with van der Waals surface area (Å²) in [4.78, 5) is 5.29. The van der Waals surface area contributed by atoms with Crippen molar-refractivity contribution in [2.75, 3.05) is 7.11 Å². The van der Waals surface area contributed by atoms with Gasteiger partial charge in [-0.25, -0.2) is 0 Å². The number of amidine groups is 1. The predicted octanol–water partition coefficient (Wildman–Crippen LogP) is 7.48. The molecule has 2 atom stereocenters. The molecule has 1 aliphatic heterocycles. The van der Waals surface area contributed by atoms with Crippen molar-refractivity contribution in [1.82, 2.24) is 5.32 Å². The number of ether oxygens (including phenoxy) is 1. The monoisotopic (exact) mass is 480 g/mol. The van der Waals surface area contributed by atoms with Gasteiger partial charge in [-0.3, -0.25) is 4.99 Å². The van der Waals surface area contributed by atoms with Crippen LogP contribution in [0.4, 0.5) is 0 Å². The zero-order valence-corrected chi connectivity index (χ0v) is 21.5. The van der Waals surface area contributed by atoms with E-state index < -0.39 is 11.1 Å². The third-order valence-corrected chi connectivity index (χ3v) is 7.33. The van der Waals surface area contributed by atoms with E-state index in [1.54, 1.807) is 7.11 Å². The quantitative estimate of drug-likeness (QED) is 0.419. The molecule has 0 saturated carbocycles. The first-order valence-electron chi connectivity index (χ1n) is 11.1. The molecule has 0 amide bonds. The largest absolute Gasteiger partial charge is 0.496 e. The topological polar surface area (TPSA) is 33.6 Å². The van der Waals surface area contributed by atoms with Crippen molar-refractivity contribution >= 4 is 29.0 Å². The molecule has 4 rings (SSSR count). The molecule has 0 saturated heterocycles. The second kappa shape index (κ2) is 8.38. The van der Waals surface area contributed by atoms with Crippen LogP contribution in [0.3, 0.4) is 0 Å². The lowest BCUT2D eigenvalue weighted by molar-refractivity contribution is 0.268. The summed E-state index contributed by atoms with van der Waals surface area (Å²) in [6, 6.07) is 22.2.